The number of para-hydroxylation sites is 2. The zero-order valence-corrected chi connectivity index (χ0v) is 15.2. The highest BCUT2D eigenvalue weighted by Crippen LogP contribution is 2.27. The van der Waals surface area contributed by atoms with Crippen LogP contribution in [0.1, 0.15) is 44.9 Å². The fourth-order valence-electron chi connectivity index (χ4n) is 3.43. The van der Waals surface area contributed by atoms with Gasteiger partial charge in [0.2, 0.25) is 0 Å². The summed E-state index contributed by atoms with van der Waals surface area (Å²) in [7, 11) is 0. The van der Waals surface area contributed by atoms with Crippen LogP contribution in [0.15, 0.2) is 24.3 Å². The number of piperidine rings is 1. The third kappa shape index (κ3) is 3.81. The minimum Gasteiger partial charge on any atom is -0.480 e. The van der Waals surface area contributed by atoms with Crippen LogP contribution in [-0.4, -0.2) is 51.1 Å². The van der Waals surface area contributed by atoms with Crippen molar-refractivity contribution in [2.24, 2.45) is 5.92 Å². The van der Waals surface area contributed by atoms with Crippen LogP contribution >= 0.6 is 0 Å². The standard InChI is InChI=1S/C19H26N4O3/c1-3-12(2)16(18(24)25)22-19(26)23-10-8-13(9-11-23)17-20-14-6-4-5-7-15(14)21-17/h4-7,12-13,16H,3,8-11H2,1-2H3,(H,20,21)(H,22,26)(H,24,25)/t12?,16-/m0/s1. The second kappa shape index (κ2) is 7.76. The summed E-state index contributed by atoms with van der Waals surface area (Å²) in [6.45, 7) is 4.96. The van der Waals surface area contributed by atoms with Gasteiger partial charge >= 0.3 is 12.0 Å². The Morgan fingerprint density at radius 3 is 2.65 bits per heavy atom. The molecule has 1 aromatic carbocycles. The van der Waals surface area contributed by atoms with Gasteiger partial charge in [-0.25, -0.2) is 14.6 Å². The predicted molar refractivity (Wildman–Crippen MR) is 99.1 cm³/mol. The van der Waals surface area contributed by atoms with Crippen LogP contribution in [0, 0.1) is 5.92 Å². The Hall–Kier alpha value is -2.57. The molecule has 1 aromatic heterocycles. The zero-order valence-electron chi connectivity index (χ0n) is 15.2. The highest BCUT2D eigenvalue weighted by molar-refractivity contribution is 5.83. The number of nitrogens with one attached hydrogen (secondary N) is 2. The maximum Gasteiger partial charge on any atom is 0.326 e. The Kier molecular flexibility index (Phi) is 5.44. The van der Waals surface area contributed by atoms with Crippen molar-refractivity contribution in [1.82, 2.24) is 20.2 Å². The van der Waals surface area contributed by atoms with Crippen molar-refractivity contribution in [3.05, 3.63) is 30.1 Å². The molecule has 1 aliphatic heterocycles. The van der Waals surface area contributed by atoms with Gasteiger partial charge in [0.25, 0.3) is 0 Å². The fraction of sp³-hybridized carbons (Fsp3) is 0.526. The van der Waals surface area contributed by atoms with Gasteiger partial charge in [0.1, 0.15) is 11.9 Å². The molecule has 140 valence electrons. The van der Waals surface area contributed by atoms with E-state index in [4.69, 9.17) is 0 Å². The molecule has 3 N–H and O–H groups in total. The first kappa shape index (κ1) is 18.2. The molecule has 0 saturated carbocycles. The number of hydrogen-bond donors (Lipinski definition) is 3. The van der Waals surface area contributed by atoms with Crippen LogP contribution < -0.4 is 5.32 Å². The summed E-state index contributed by atoms with van der Waals surface area (Å²) in [5.41, 5.74) is 1.99. The van der Waals surface area contributed by atoms with Gasteiger partial charge in [0.05, 0.1) is 11.0 Å². The summed E-state index contributed by atoms with van der Waals surface area (Å²) < 4.78 is 0. The molecule has 2 aromatic rings. The normalized spacial score (nSPS) is 17.8. The molecule has 7 nitrogen and oxygen atoms in total. The smallest absolute Gasteiger partial charge is 0.326 e. The topological polar surface area (TPSA) is 98.3 Å². The average molecular weight is 358 g/mol. The monoisotopic (exact) mass is 358 g/mol. The van der Waals surface area contributed by atoms with Crippen LogP contribution in [0.2, 0.25) is 0 Å². The molecular formula is C19H26N4O3. The highest BCUT2D eigenvalue weighted by atomic mass is 16.4. The molecule has 26 heavy (non-hydrogen) atoms. The van der Waals surface area contributed by atoms with Crippen LogP contribution in [0.25, 0.3) is 11.0 Å². The number of urea groups is 1. The number of amides is 2. The van der Waals surface area contributed by atoms with E-state index in [0.29, 0.717) is 19.5 Å². The Morgan fingerprint density at radius 1 is 1.35 bits per heavy atom. The van der Waals surface area contributed by atoms with Crippen LogP contribution in [0.4, 0.5) is 4.79 Å². The second-order valence-electron chi connectivity index (χ2n) is 7.05. The number of likely N-dealkylation sites (tertiary alicyclic amines) is 1. The van der Waals surface area contributed by atoms with Gasteiger partial charge in [-0.2, -0.15) is 0 Å². The van der Waals surface area contributed by atoms with Crippen LogP contribution in [0.3, 0.4) is 0 Å². The quantitative estimate of drug-likeness (QED) is 0.765. The minimum absolute atomic E-state index is 0.107. The number of aromatic amines is 1. The molecule has 1 aliphatic rings. The maximum atomic E-state index is 12.4. The number of H-pyrrole nitrogens is 1. The van der Waals surface area contributed by atoms with E-state index in [1.54, 1.807) is 4.90 Å². The lowest BCUT2D eigenvalue weighted by Gasteiger charge is -2.32. The number of imidazole rings is 1. The molecule has 1 fully saturated rings. The number of aromatic nitrogens is 2. The maximum absolute atomic E-state index is 12.4. The first-order chi connectivity index (χ1) is 12.5. The molecule has 3 rings (SSSR count). The highest BCUT2D eigenvalue weighted by Gasteiger charge is 2.30. The number of carboxylic acid groups (broad SMARTS) is 1. The number of benzene rings is 1. The Bertz CT molecular complexity index is 747. The lowest BCUT2D eigenvalue weighted by atomic mass is 9.96. The minimum atomic E-state index is -0.982. The van der Waals surface area contributed by atoms with E-state index < -0.39 is 12.0 Å². The fourth-order valence-corrected chi connectivity index (χ4v) is 3.43. The van der Waals surface area contributed by atoms with Crippen LogP contribution in [0.5, 0.6) is 0 Å². The lowest BCUT2D eigenvalue weighted by Crippen LogP contribution is -2.52. The molecule has 1 unspecified atom stereocenters. The lowest BCUT2D eigenvalue weighted by molar-refractivity contribution is -0.140. The summed E-state index contributed by atoms with van der Waals surface area (Å²) in [6, 6.07) is 6.80. The van der Waals surface area contributed by atoms with Gasteiger partial charge in [0, 0.05) is 19.0 Å². The van der Waals surface area contributed by atoms with Crippen molar-refractivity contribution in [3.8, 4) is 0 Å². The first-order valence-electron chi connectivity index (χ1n) is 9.22. The average Bonchev–Trinajstić information content (AvgIpc) is 3.09. The van der Waals surface area contributed by atoms with E-state index in [1.165, 1.54) is 0 Å². The van der Waals surface area contributed by atoms with Crippen molar-refractivity contribution >= 4 is 23.0 Å². The number of rotatable bonds is 5. The molecule has 0 aliphatic carbocycles. The summed E-state index contributed by atoms with van der Waals surface area (Å²) in [6.07, 6.45) is 2.33. The Labute approximate surface area is 152 Å². The van der Waals surface area contributed by atoms with Crippen molar-refractivity contribution in [2.45, 2.75) is 45.1 Å². The van der Waals surface area contributed by atoms with Crippen molar-refractivity contribution < 1.29 is 14.7 Å². The molecule has 1 saturated heterocycles. The van der Waals surface area contributed by atoms with Crippen molar-refractivity contribution in [1.29, 1.82) is 0 Å². The van der Waals surface area contributed by atoms with Crippen LogP contribution in [-0.2, 0) is 4.79 Å². The number of fused-ring (bicyclic) bond motifs is 1. The number of aliphatic carboxylic acids is 1. The molecule has 0 bridgehead atoms. The first-order valence-corrected chi connectivity index (χ1v) is 9.22. The number of carbonyl (C=O) groups excluding carboxylic acids is 1. The molecular weight excluding hydrogens is 332 g/mol. The van der Waals surface area contributed by atoms with E-state index >= 15 is 0 Å². The molecule has 2 atom stereocenters. The molecule has 0 spiro atoms. The summed E-state index contributed by atoms with van der Waals surface area (Å²) >= 11 is 0. The largest absolute Gasteiger partial charge is 0.480 e. The van der Waals surface area contributed by atoms with Gasteiger partial charge in [-0.1, -0.05) is 32.4 Å². The van der Waals surface area contributed by atoms with E-state index in [2.05, 4.69) is 15.3 Å². The van der Waals surface area contributed by atoms with E-state index in [9.17, 15) is 14.7 Å². The molecule has 0 radical (unpaired) electrons. The third-order valence-electron chi connectivity index (χ3n) is 5.33. The SMILES string of the molecule is CCC(C)[C@H](NC(=O)N1CCC(c2nc3ccccc3[nH]2)CC1)C(=O)O. The summed E-state index contributed by atoms with van der Waals surface area (Å²) in [5.74, 6) is 0.167. The van der Waals surface area contributed by atoms with Crippen molar-refractivity contribution in [3.63, 3.8) is 0 Å². The number of carboxylic acids is 1. The number of carbonyl (C=O) groups is 2. The Morgan fingerprint density at radius 2 is 2.04 bits per heavy atom. The molecule has 2 heterocycles. The van der Waals surface area contributed by atoms with Gasteiger partial charge in [-0.15, -0.1) is 0 Å². The number of nitrogens with zero attached hydrogens (tertiary/aromatic N) is 2. The molecule has 7 heteroatoms. The summed E-state index contributed by atoms with van der Waals surface area (Å²) in [4.78, 5) is 33.6. The summed E-state index contributed by atoms with van der Waals surface area (Å²) in [5, 5.41) is 12.0. The zero-order chi connectivity index (χ0) is 18.7. The van der Waals surface area contributed by atoms with Gasteiger partial charge in [-0.3, -0.25) is 0 Å². The number of hydrogen-bond acceptors (Lipinski definition) is 3. The van der Waals surface area contributed by atoms with Gasteiger partial charge in [-0.05, 0) is 30.9 Å². The second-order valence-corrected chi connectivity index (χ2v) is 7.05. The third-order valence-corrected chi connectivity index (χ3v) is 5.33. The van der Waals surface area contributed by atoms with Gasteiger partial charge in [0.15, 0.2) is 0 Å². The van der Waals surface area contributed by atoms with Gasteiger partial charge < -0.3 is 20.3 Å². The molecule has 2 amide bonds. The Balaban J connectivity index is 1.59. The van der Waals surface area contributed by atoms with E-state index in [0.717, 1.165) is 29.7 Å². The van der Waals surface area contributed by atoms with Crippen molar-refractivity contribution in [2.75, 3.05) is 13.1 Å². The van der Waals surface area contributed by atoms with E-state index in [-0.39, 0.29) is 17.9 Å². The van der Waals surface area contributed by atoms with E-state index in [1.807, 2.05) is 38.1 Å². The predicted octanol–water partition coefficient (Wildman–Crippen LogP) is 2.95.